The zero-order chi connectivity index (χ0) is 12.8. The van der Waals surface area contributed by atoms with E-state index < -0.39 is 0 Å². The third-order valence-corrected chi connectivity index (χ3v) is 3.04. The third-order valence-electron chi connectivity index (χ3n) is 3.04. The third kappa shape index (κ3) is 3.82. The summed E-state index contributed by atoms with van der Waals surface area (Å²) in [5.74, 6) is 1.12. The van der Waals surface area contributed by atoms with Crippen LogP contribution in [0.3, 0.4) is 0 Å². The highest BCUT2D eigenvalue weighted by Gasteiger charge is 2.12. The molecule has 1 aromatic rings. The highest BCUT2D eigenvalue weighted by atomic mass is 16.5. The van der Waals surface area contributed by atoms with E-state index in [1.54, 1.807) is 7.11 Å². The minimum absolute atomic E-state index is 0.152. The topological polar surface area (TPSA) is 79.0 Å². The summed E-state index contributed by atoms with van der Waals surface area (Å²) in [6, 6.07) is 1.46. The van der Waals surface area contributed by atoms with Crippen LogP contribution < -0.4 is 16.2 Å². The van der Waals surface area contributed by atoms with Crippen molar-refractivity contribution in [3.05, 3.63) is 22.1 Å². The van der Waals surface area contributed by atoms with E-state index in [-0.39, 0.29) is 5.56 Å². The molecule has 0 aromatic carbocycles. The molecule has 0 aliphatic carbocycles. The standard InChI is InChI=1S/C12H20N4O2/c1-18-8-10-5-11(17)16-12(15-10)14-7-9-3-2-4-13-6-9/h5,9,13H,2-4,6-8H2,1H3,(H2,14,15,16,17)/t9-/m0/s1. The summed E-state index contributed by atoms with van der Waals surface area (Å²) in [4.78, 5) is 18.4. The smallest absolute Gasteiger partial charge is 0.252 e. The predicted octanol–water partition coefficient (Wildman–Crippen LogP) is 0.328. The first-order valence-electron chi connectivity index (χ1n) is 6.31. The van der Waals surface area contributed by atoms with Gasteiger partial charge in [-0.3, -0.25) is 9.78 Å². The van der Waals surface area contributed by atoms with Crippen molar-refractivity contribution in [2.24, 2.45) is 5.92 Å². The molecule has 0 radical (unpaired) electrons. The van der Waals surface area contributed by atoms with Crippen LogP contribution in [0.15, 0.2) is 10.9 Å². The van der Waals surface area contributed by atoms with E-state index in [1.807, 2.05) is 0 Å². The molecule has 2 heterocycles. The van der Waals surface area contributed by atoms with E-state index in [4.69, 9.17) is 4.74 Å². The quantitative estimate of drug-likeness (QED) is 0.703. The van der Waals surface area contributed by atoms with Crippen molar-refractivity contribution in [3.8, 4) is 0 Å². The van der Waals surface area contributed by atoms with Gasteiger partial charge in [0, 0.05) is 19.7 Å². The lowest BCUT2D eigenvalue weighted by molar-refractivity contribution is 0.181. The molecule has 6 heteroatoms. The van der Waals surface area contributed by atoms with Crippen LogP contribution in [-0.2, 0) is 11.3 Å². The van der Waals surface area contributed by atoms with E-state index in [0.717, 1.165) is 19.6 Å². The van der Waals surface area contributed by atoms with E-state index >= 15 is 0 Å². The molecule has 1 aliphatic heterocycles. The van der Waals surface area contributed by atoms with Gasteiger partial charge in [0.2, 0.25) is 5.95 Å². The molecule has 0 spiro atoms. The van der Waals surface area contributed by atoms with Crippen LogP contribution >= 0.6 is 0 Å². The normalized spacial score (nSPS) is 19.7. The Morgan fingerprint density at radius 2 is 2.50 bits per heavy atom. The van der Waals surface area contributed by atoms with Gasteiger partial charge < -0.3 is 15.4 Å². The maximum Gasteiger partial charge on any atom is 0.252 e. The molecule has 0 amide bonds. The minimum Gasteiger partial charge on any atom is -0.378 e. The van der Waals surface area contributed by atoms with Crippen molar-refractivity contribution in [1.82, 2.24) is 15.3 Å². The van der Waals surface area contributed by atoms with Gasteiger partial charge in [0.25, 0.3) is 5.56 Å². The Hall–Kier alpha value is -1.40. The number of aromatic nitrogens is 2. The van der Waals surface area contributed by atoms with E-state index in [1.165, 1.54) is 18.9 Å². The fourth-order valence-electron chi connectivity index (χ4n) is 2.15. The minimum atomic E-state index is -0.152. The molecule has 1 aliphatic rings. The molecular weight excluding hydrogens is 232 g/mol. The van der Waals surface area contributed by atoms with Gasteiger partial charge in [-0.15, -0.1) is 0 Å². The van der Waals surface area contributed by atoms with Gasteiger partial charge in [-0.1, -0.05) is 0 Å². The molecular formula is C12H20N4O2. The molecule has 6 nitrogen and oxygen atoms in total. The summed E-state index contributed by atoms with van der Waals surface area (Å²) in [6.07, 6.45) is 2.42. The summed E-state index contributed by atoms with van der Waals surface area (Å²) in [7, 11) is 1.59. The summed E-state index contributed by atoms with van der Waals surface area (Å²) in [6.45, 7) is 3.31. The lowest BCUT2D eigenvalue weighted by Gasteiger charge is -2.22. The van der Waals surface area contributed by atoms with Gasteiger partial charge in [0.05, 0.1) is 12.3 Å². The van der Waals surface area contributed by atoms with Crippen molar-refractivity contribution < 1.29 is 4.74 Å². The maximum atomic E-state index is 11.4. The van der Waals surface area contributed by atoms with E-state index in [9.17, 15) is 4.79 Å². The van der Waals surface area contributed by atoms with Gasteiger partial charge in [-0.2, -0.15) is 0 Å². The number of nitrogens with zero attached hydrogens (tertiary/aromatic N) is 1. The number of nitrogens with one attached hydrogen (secondary N) is 3. The molecule has 1 saturated heterocycles. The zero-order valence-electron chi connectivity index (χ0n) is 10.7. The van der Waals surface area contributed by atoms with Crippen molar-refractivity contribution in [3.63, 3.8) is 0 Å². The second kappa shape index (κ2) is 6.51. The van der Waals surface area contributed by atoms with E-state index in [0.29, 0.717) is 24.2 Å². The molecule has 100 valence electrons. The number of hydrogen-bond acceptors (Lipinski definition) is 5. The van der Waals surface area contributed by atoms with Crippen LogP contribution in [0.25, 0.3) is 0 Å². The summed E-state index contributed by atoms with van der Waals surface area (Å²) in [5, 5.41) is 6.55. The number of H-pyrrole nitrogens is 1. The average Bonchev–Trinajstić information content (AvgIpc) is 2.37. The predicted molar refractivity (Wildman–Crippen MR) is 69.7 cm³/mol. The van der Waals surface area contributed by atoms with Crippen LogP contribution in [0.4, 0.5) is 5.95 Å². The zero-order valence-corrected chi connectivity index (χ0v) is 10.7. The van der Waals surface area contributed by atoms with Gasteiger partial charge in [-0.25, -0.2) is 4.98 Å². The van der Waals surface area contributed by atoms with Gasteiger partial charge in [-0.05, 0) is 31.8 Å². The molecule has 1 atom stereocenters. The maximum absolute atomic E-state index is 11.4. The fourth-order valence-corrected chi connectivity index (χ4v) is 2.15. The Balaban J connectivity index is 1.93. The van der Waals surface area contributed by atoms with Crippen LogP contribution in [0.2, 0.25) is 0 Å². The van der Waals surface area contributed by atoms with Gasteiger partial charge in [0.15, 0.2) is 0 Å². The number of hydrogen-bond donors (Lipinski definition) is 3. The molecule has 0 unspecified atom stereocenters. The number of ether oxygens (including phenoxy) is 1. The lowest BCUT2D eigenvalue weighted by Crippen LogP contribution is -2.34. The Labute approximate surface area is 106 Å². The fraction of sp³-hybridized carbons (Fsp3) is 0.667. The van der Waals surface area contributed by atoms with Crippen molar-refractivity contribution >= 4 is 5.95 Å². The van der Waals surface area contributed by atoms with Crippen molar-refractivity contribution in [2.45, 2.75) is 19.4 Å². The summed E-state index contributed by atoms with van der Waals surface area (Å²) >= 11 is 0. The Morgan fingerprint density at radius 1 is 1.61 bits per heavy atom. The first-order valence-corrected chi connectivity index (χ1v) is 6.31. The lowest BCUT2D eigenvalue weighted by atomic mass is 10.00. The Kier molecular flexibility index (Phi) is 4.72. The highest BCUT2D eigenvalue weighted by molar-refractivity contribution is 5.25. The molecule has 1 aromatic heterocycles. The first kappa shape index (κ1) is 13.0. The molecule has 2 rings (SSSR count). The van der Waals surface area contributed by atoms with Crippen molar-refractivity contribution in [1.29, 1.82) is 0 Å². The second-order valence-corrected chi connectivity index (χ2v) is 4.61. The summed E-state index contributed by atoms with van der Waals surface area (Å²) in [5.41, 5.74) is 0.492. The summed E-state index contributed by atoms with van der Waals surface area (Å²) < 4.78 is 4.98. The van der Waals surface area contributed by atoms with Crippen LogP contribution in [0.1, 0.15) is 18.5 Å². The van der Waals surface area contributed by atoms with Crippen LogP contribution in [-0.4, -0.2) is 36.7 Å². The molecule has 3 N–H and O–H groups in total. The number of anilines is 1. The SMILES string of the molecule is COCc1cc(=O)[nH]c(NC[C@H]2CCCNC2)n1. The number of piperidine rings is 1. The van der Waals surface area contributed by atoms with Crippen molar-refractivity contribution in [2.75, 3.05) is 32.1 Å². The first-order chi connectivity index (χ1) is 8.78. The molecule has 1 fully saturated rings. The molecule has 18 heavy (non-hydrogen) atoms. The van der Waals surface area contributed by atoms with Gasteiger partial charge >= 0.3 is 0 Å². The highest BCUT2D eigenvalue weighted by Crippen LogP contribution is 2.10. The van der Waals surface area contributed by atoms with Crippen LogP contribution in [0.5, 0.6) is 0 Å². The Morgan fingerprint density at radius 3 is 3.22 bits per heavy atom. The van der Waals surface area contributed by atoms with Crippen LogP contribution in [0, 0.1) is 5.92 Å². The van der Waals surface area contributed by atoms with Gasteiger partial charge in [0.1, 0.15) is 0 Å². The number of methoxy groups -OCH3 is 1. The largest absolute Gasteiger partial charge is 0.378 e. The Bertz CT molecular complexity index is 426. The molecule has 0 saturated carbocycles. The van der Waals surface area contributed by atoms with E-state index in [2.05, 4.69) is 20.6 Å². The number of rotatable bonds is 5. The average molecular weight is 252 g/mol. The number of aromatic amines is 1. The molecule has 0 bridgehead atoms. The second-order valence-electron chi connectivity index (χ2n) is 4.61. The monoisotopic (exact) mass is 252 g/mol.